The summed E-state index contributed by atoms with van der Waals surface area (Å²) in [6.45, 7) is 5.82. The lowest BCUT2D eigenvalue weighted by Crippen LogP contribution is -2.43. The van der Waals surface area contributed by atoms with E-state index < -0.39 is 0 Å². The van der Waals surface area contributed by atoms with Gasteiger partial charge in [0, 0.05) is 31.0 Å². The normalized spacial score (nSPS) is 18.5. The first-order chi connectivity index (χ1) is 12.3. The molecule has 7 heteroatoms. The van der Waals surface area contributed by atoms with Gasteiger partial charge in [0.25, 0.3) is 0 Å². The van der Waals surface area contributed by atoms with Crippen LogP contribution in [-0.2, 0) is 17.8 Å². The fraction of sp³-hybridized carbons (Fsp3) is 0.389. The Bertz CT molecular complexity index is 815. The van der Waals surface area contributed by atoms with Gasteiger partial charge >= 0.3 is 0 Å². The molecule has 0 spiro atoms. The highest BCUT2D eigenvalue weighted by atomic mass is 16.5. The quantitative estimate of drug-likeness (QED) is 0.709. The van der Waals surface area contributed by atoms with E-state index in [0.29, 0.717) is 24.9 Å². The summed E-state index contributed by atoms with van der Waals surface area (Å²) in [5.74, 6) is 1.28. The van der Waals surface area contributed by atoms with Crippen LogP contribution in [0.25, 0.3) is 11.4 Å². The number of hydrogen-bond acceptors (Lipinski definition) is 6. The highest BCUT2D eigenvalue weighted by molar-refractivity contribution is 5.58. The molecule has 4 rings (SSSR count). The van der Waals surface area contributed by atoms with Crippen molar-refractivity contribution in [2.45, 2.75) is 26.1 Å². The number of nitrogens with zero attached hydrogens (tertiary/aromatic N) is 5. The van der Waals surface area contributed by atoms with E-state index in [2.05, 4.69) is 20.1 Å². The Morgan fingerprint density at radius 2 is 2.16 bits per heavy atom. The van der Waals surface area contributed by atoms with E-state index in [0.717, 1.165) is 30.8 Å². The van der Waals surface area contributed by atoms with Gasteiger partial charge in [-0.3, -0.25) is 9.58 Å². The molecule has 1 aliphatic heterocycles. The molecule has 1 atom stereocenters. The smallest absolute Gasteiger partial charge is 0.241 e. The van der Waals surface area contributed by atoms with Crippen molar-refractivity contribution in [1.82, 2.24) is 24.8 Å². The van der Waals surface area contributed by atoms with Crippen LogP contribution in [0.3, 0.4) is 0 Å². The molecule has 3 heterocycles. The van der Waals surface area contributed by atoms with Gasteiger partial charge in [0.15, 0.2) is 0 Å². The van der Waals surface area contributed by atoms with Crippen molar-refractivity contribution in [1.29, 1.82) is 0 Å². The van der Waals surface area contributed by atoms with Crippen molar-refractivity contribution in [2.75, 3.05) is 19.7 Å². The molecule has 0 N–H and O–H groups in total. The highest BCUT2D eigenvalue weighted by Gasteiger charge is 2.23. The molecule has 0 amide bonds. The van der Waals surface area contributed by atoms with Crippen molar-refractivity contribution < 1.29 is 9.26 Å². The predicted molar refractivity (Wildman–Crippen MR) is 91.7 cm³/mol. The molecule has 1 saturated heterocycles. The number of ether oxygens (including phenoxy) is 1. The lowest BCUT2D eigenvalue weighted by molar-refractivity contribution is -0.0426. The fourth-order valence-electron chi connectivity index (χ4n) is 3.10. The Morgan fingerprint density at radius 1 is 1.24 bits per heavy atom. The summed E-state index contributed by atoms with van der Waals surface area (Å²) in [4.78, 5) is 6.84. The maximum atomic E-state index is 5.84. The zero-order valence-corrected chi connectivity index (χ0v) is 14.2. The summed E-state index contributed by atoms with van der Waals surface area (Å²) in [6.07, 6.45) is 3.85. The van der Waals surface area contributed by atoms with E-state index in [1.807, 2.05) is 48.1 Å². The monoisotopic (exact) mass is 339 g/mol. The second kappa shape index (κ2) is 7.16. The van der Waals surface area contributed by atoms with Crippen LogP contribution in [0, 0.1) is 6.92 Å². The average molecular weight is 339 g/mol. The number of morpholine rings is 1. The van der Waals surface area contributed by atoms with Crippen molar-refractivity contribution in [3.8, 4) is 11.4 Å². The molecule has 7 nitrogen and oxygen atoms in total. The fourth-order valence-corrected chi connectivity index (χ4v) is 3.10. The first kappa shape index (κ1) is 16.0. The van der Waals surface area contributed by atoms with Crippen LogP contribution in [0.5, 0.6) is 0 Å². The molecule has 0 radical (unpaired) electrons. The van der Waals surface area contributed by atoms with Crippen LogP contribution < -0.4 is 0 Å². The van der Waals surface area contributed by atoms with E-state index in [1.54, 1.807) is 6.20 Å². The lowest BCUT2D eigenvalue weighted by atomic mass is 10.1. The zero-order chi connectivity index (χ0) is 17.1. The third kappa shape index (κ3) is 3.78. The van der Waals surface area contributed by atoms with Gasteiger partial charge in [-0.25, -0.2) is 0 Å². The molecule has 1 aromatic carbocycles. The van der Waals surface area contributed by atoms with Gasteiger partial charge in [0.1, 0.15) is 0 Å². The van der Waals surface area contributed by atoms with E-state index in [4.69, 9.17) is 9.26 Å². The minimum Gasteiger partial charge on any atom is -0.374 e. The molecular formula is C18H21N5O2. The molecule has 2 aromatic heterocycles. The molecule has 0 aliphatic carbocycles. The number of aryl methyl sites for hydroxylation is 1. The number of rotatable bonds is 5. The topological polar surface area (TPSA) is 69.2 Å². The minimum atomic E-state index is 0.118. The molecule has 0 saturated carbocycles. The molecular weight excluding hydrogens is 318 g/mol. The standard InChI is InChI=1S/C18H21N5O2/c1-14-5-2-3-6-16(14)18-20-17(25-21-18)13-22-9-10-24-15(11-22)12-23-8-4-7-19-23/h2-8,15H,9-13H2,1H3. The molecule has 0 bridgehead atoms. The minimum absolute atomic E-state index is 0.118. The predicted octanol–water partition coefficient (Wildman–Crippen LogP) is 2.14. The van der Waals surface area contributed by atoms with Crippen LogP contribution in [0.2, 0.25) is 0 Å². The molecule has 3 aromatic rings. The van der Waals surface area contributed by atoms with Crippen molar-refractivity contribution in [3.63, 3.8) is 0 Å². The van der Waals surface area contributed by atoms with Gasteiger partial charge in [0.2, 0.25) is 11.7 Å². The molecule has 1 aliphatic rings. The van der Waals surface area contributed by atoms with Crippen LogP contribution in [0.4, 0.5) is 0 Å². The summed E-state index contributed by atoms with van der Waals surface area (Å²) < 4.78 is 13.2. The highest BCUT2D eigenvalue weighted by Crippen LogP contribution is 2.20. The maximum absolute atomic E-state index is 5.84. The van der Waals surface area contributed by atoms with Gasteiger partial charge in [-0.2, -0.15) is 10.1 Å². The summed E-state index contributed by atoms with van der Waals surface area (Å²) in [7, 11) is 0. The van der Waals surface area contributed by atoms with Crippen molar-refractivity contribution in [3.05, 3.63) is 54.2 Å². The Kier molecular flexibility index (Phi) is 4.58. The molecule has 1 unspecified atom stereocenters. The summed E-state index contributed by atoms with van der Waals surface area (Å²) >= 11 is 0. The Morgan fingerprint density at radius 3 is 3.00 bits per heavy atom. The van der Waals surface area contributed by atoms with Crippen LogP contribution in [-0.4, -0.2) is 50.6 Å². The zero-order valence-electron chi connectivity index (χ0n) is 14.2. The summed E-state index contributed by atoms with van der Waals surface area (Å²) in [5, 5.41) is 8.38. The van der Waals surface area contributed by atoms with Gasteiger partial charge in [-0.1, -0.05) is 29.4 Å². The van der Waals surface area contributed by atoms with Crippen LogP contribution >= 0.6 is 0 Å². The number of aromatic nitrogens is 4. The average Bonchev–Trinajstić information content (AvgIpc) is 3.28. The van der Waals surface area contributed by atoms with Crippen molar-refractivity contribution in [2.24, 2.45) is 0 Å². The largest absolute Gasteiger partial charge is 0.374 e. The Balaban J connectivity index is 1.39. The van der Waals surface area contributed by atoms with E-state index in [1.165, 1.54) is 0 Å². The third-order valence-electron chi connectivity index (χ3n) is 4.39. The number of hydrogen-bond donors (Lipinski definition) is 0. The molecule has 130 valence electrons. The van der Waals surface area contributed by atoms with Gasteiger partial charge in [-0.15, -0.1) is 0 Å². The maximum Gasteiger partial charge on any atom is 0.241 e. The van der Waals surface area contributed by atoms with E-state index in [9.17, 15) is 0 Å². The Labute approximate surface area is 146 Å². The molecule has 25 heavy (non-hydrogen) atoms. The first-order valence-electron chi connectivity index (χ1n) is 8.48. The Hall–Kier alpha value is -2.51. The van der Waals surface area contributed by atoms with E-state index in [-0.39, 0.29) is 6.10 Å². The second-order valence-electron chi connectivity index (χ2n) is 6.28. The SMILES string of the molecule is Cc1ccccc1-c1noc(CN2CCOC(Cn3cccn3)C2)n1. The summed E-state index contributed by atoms with van der Waals surface area (Å²) in [6, 6.07) is 9.98. The second-order valence-corrected chi connectivity index (χ2v) is 6.28. The van der Waals surface area contributed by atoms with Gasteiger partial charge < -0.3 is 9.26 Å². The molecule has 1 fully saturated rings. The first-order valence-corrected chi connectivity index (χ1v) is 8.48. The van der Waals surface area contributed by atoms with Crippen LogP contribution in [0.15, 0.2) is 47.2 Å². The van der Waals surface area contributed by atoms with Gasteiger partial charge in [-0.05, 0) is 18.6 Å². The third-order valence-corrected chi connectivity index (χ3v) is 4.39. The van der Waals surface area contributed by atoms with Crippen molar-refractivity contribution >= 4 is 0 Å². The summed E-state index contributed by atoms with van der Waals surface area (Å²) in [5.41, 5.74) is 2.15. The van der Waals surface area contributed by atoms with E-state index >= 15 is 0 Å². The lowest BCUT2D eigenvalue weighted by Gasteiger charge is -2.31. The number of benzene rings is 1. The van der Waals surface area contributed by atoms with Crippen LogP contribution in [0.1, 0.15) is 11.5 Å². The van der Waals surface area contributed by atoms with Gasteiger partial charge in [0.05, 0.1) is 25.8 Å².